The van der Waals surface area contributed by atoms with Gasteiger partial charge in [-0.1, -0.05) is 42.2 Å². The van der Waals surface area contributed by atoms with E-state index in [2.05, 4.69) is 42.3 Å². The van der Waals surface area contributed by atoms with Crippen LogP contribution in [0, 0.1) is 19.8 Å². The monoisotopic (exact) mass is 258 g/mol. The van der Waals surface area contributed by atoms with Gasteiger partial charge in [0.15, 0.2) is 0 Å². The van der Waals surface area contributed by atoms with Crippen LogP contribution in [-0.2, 0) is 0 Å². The SMILES string of the molecule is Cc1cc(C)cc([C@@H](CC2CC2)N2CCNCC2)c1. The molecular weight excluding hydrogens is 232 g/mol. The first kappa shape index (κ1) is 13.1. The largest absolute Gasteiger partial charge is 0.314 e. The molecule has 2 heteroatoms. The number of rotatable bonds is 4. The van der Waals surface area contributed by atoms with Gasteiger partial charge < -0.3 is 5.32 Å². The highest BCUT2D eigenvalue weighted by atomic mass is 15.2. The summed E-state index contributed by atoms with van der Waals surface area (Å²) in [5.74, 6) is 0.987. The summed E-state index contributed by atoms with van der Waals surface area (Å²) in [4.78, 5) is 2.70. The number of benzene rings is 1. The van der Waals surface area contributed by atoms with Crippen LogP contribution >= 0.6 is 0 Å². The molecule has 1 saturated heterocycles. The fourth-order valence-electron chi connectivity index (χ4n) is 3.36. The van der Waals surface area contributed by atoms with Crippen molar-refractivity contribution < 1.29 is 0 Å². The fraction of sp³-hybridized carbons (Fsp3) is 0.647. The van der Waals surface area contributed by atoms with E-state index >= 15 is 0 Å². The number of aryl methyl sites for hydroxylation is 2. The zero-order chi connectivity index (χ0) is 13.2. The molecular formula is C17H26N2. The maximum absolute atomic E-state index is 3.47. The molecule has 2 aliphatic rings. The summed E-state index contributed by atoms with van der Waals surface area (Å²) in [7, 11) is 0. The molecule has 1 aromatic carbocycles. The summed E-state index contributed by atoms with van der Waals surface area (Å²) in [6.45, 7) is 9.14. The fourth-order valence-corrected chi connectivity index (χ4v) is 3.36. The van der Waals surface area contributed by atoms with Gasteiger partial charge in [0.05, 0.1) is 0 Å². The molecule has 2 fully saturated rings. The molecule has 1 atom stereocenters. The van der Waals surface area contributed by atoms with Crippen LogP contribution < -0.4 is 5.32 Å². The molecule has 1 saturated carbocycles. The van der Waals surface area contributed by atoms with Crippen molar-refractivity contribution in [2.75, 3.05) is 26.2 Å². The van der Waals surface area contributed by atoms with Crippen LogP contribution in [-0.4, -0.2) is 31.1 Å². The first-order chi connectivity index (χ1) is 9.22. The lowest BCUT2D eigenvalue weighted by molar-refractivity contribution is 0.160. The summed E-state index contributed by atoms with van der Waals surface area (Å²) in [5.41, 5.74) is 4.36. The van der Waals surface area contributed by atoms with Crippen LogP contribution in [0.15, 0.2) is 18.2 Å². The average Bonchev–Trinajstić information content (AvgIpc) is 3.20. The minimum Gasteiger partial charge on any atom is -0.314 e. The lowest BCUT2D eigenvalue weighted by Gasteiger charge is -2.35. The van der Waals surface area contributed by atoms with E-state index in [0.717, 1.165) is 19.0 Å². The summed E-state index contributed by atoms with van der Waals surface area (Å²) in [6.07, 6.45) is 4.27. The van der Waals surface area contributed by atoms with Crippen molar-refractivity contribution in [3.8, 4) is 0 Å². The molecule has 0 spiro atoms. The number of hydrogen-bond acceptors (Lipinski definition) is 2. The summed E-state index contributed by atoms with van der Waals surface area (Å²) < 4.78 is 0. The molecule has 2 nitrogen and oxygen atoms in total. The Morgan fingerprint density at radius 3 is 2.32 bits per heavy atom. The zero-order valence-electron chi connectivity index (χ0n) is 12.3. The molecule has 0 radical (unpaired) electrons. The lowest BCUT2D eigenvalue weighted by atomic mass is 9.95. The van der Waals surface area contributed by atoms with Gasteiger partial charge in [0.1, 0.15) is 0 Å². The Morgan fingerprint density at radius 1 is 1.11 bits per heavy atom. The third kappa shape index (κ3) is 3.37. The van der Waals surface area contributed by atoms with E-state index in [4.69, 9.17) is 0 Å². The molecule has 0 bridgehead atoms. The summed E-state index contributed by atoms with van der Waals surface area (Å²) in [5, 5.41) is 3.47. The minimum absolute atomic E-state index is 0.646. The molecule has 0 amide bonds. The quantitative estimate of drug-likeness (QED) is 0.893. The Kier molecular flexibility index (Phi) is 3.90. The van der Waals surface area contributed by atoms with Gasteiger partial charge in [-0.15, -0.1) is 0 Å². The van der Waals surface area contributed by atoms with E-state index in [1.165, 1.54) is 43.5 Å². The Hall–Kier alpha value is -0.860. The highest BCUT2D eigenvalue weighted by Gasteiger charge is 2.30. The maximum Gasteiger partial charge on any atom is 0.0352 e. The van der Waals surface area contributed by atoms with E-state index in [1.54, 1.807) is 5.56 Å². The average molecular weight is 258 g/mol. The third-order valence-corrected chi connectivity index (χ3v) is 4.47. The van der Waals surface area contributed by atoms with Gasteiger partial charge in [0, 0.05) is 32.2 Å². The van der Waals surface area contributed by atoms with Gasteiger partial charge in [-0.3, -0.25) is 4.90 Å². The molecule has 0 aromatic heterocycles. The Labute approximate surface area is 117 Å². The van der Waals surface area contributed by atoms with Crippen molar-refractivity contribution in [1.82, 2.24) is 10.2 Å². The zero-order valence-corrected chi connectivity index (χ0v) is 12.3. The maximum atomic E-state index is 3.47. The van der Waals surface area contributed by atoms with Crippen LogP contribution in [0.25, 0.3) is 0 Å². The molecule has 1 N–H and O–H groups in total. The van der Waals surface area contributed by atoms with Crippen molar-refractivity contribution in [1.29, 1.82) is 0 Å². The Balaban J connectivity index is 1.83. The predicted octanol–water partition coefficient (Wildman–Crippen LogP) is 3.05. The van der Waals surface area contributed by atoms with Crippen molar-refractivity contribution in [2.24, 2.45) is 5.92 Å². The second kappa shape index (κ2) is 5.64. The highest BCUT2D eigenvalue weighted by molar-refractivity contribution is 5.31. The van der Waals surface area contributed by atoms with Crippen molar-refractivity contribution in [3.05, 3.63) is 34.9 Å². The number of nitrogens with one attached hydrogen (secondary N) is 1. The van der Waals surface area contributed by atoms with Gasteiger partial charge >= 0.3 is 0 Å². The molecule has 3 rings (SSSR count). The molecule has 1 aromatic rings. The first-order valence-electron chi connectivity index (χ1n) is 7.75. The van der Waals surface area contributed by atoms with Crippen LogP contribution in [0.2, 0.25) is 0 Å². The van der Waals surface area contributed by atoms with Gasteiger partial charge in [0.2, 0.25) is 0 Å². The van der Waals surface area contributed by atoms with E-state index in [0.29, 0.717) is 6.04 Å². The second-order valence-corrected chi connectivity index (χ2v) is 6.40. The Morgan fingerprint density at radius 2 is 1.74 bits per heavy atom. The van der Waals surface area contributed by atoms with E-state index < -0.39 is 0 Å². The normalized spacial score (nSPS) is 22.4. The van der Waals surface area contributed by atoms with Gasteiger partial charge in [-0.2, -0.15) is 0 Å². The Bertz CT molecular complexity index is 411. The highest BCUT2D eigenvalue weighted by Crippen LogP contribution is 2.40. The molecule has 104 valence electrons. The molecule has 1 heterocycles. The molecule has 1 aliphatic heterocycles. The smallest absolute Gasteiger partial charge is 0.0352 e. The molecule has 0 unspecified atom stereocenters. The number of piperazine rings is 1. The minimum atomic E-state index is 0.646. The second-order valence-electron chi connectivity index (χ2n) is 6.40. The van der Waals surface area contributed by atoms with Crippen LogP contribution in [0.1, 0.15) is 42.0 Å². The first-order valence-corrected chi connectivity index (χ1v) is 7.75. The van der Waals surface area contributed by atoms with E-state index in [1.807, 2.05) is 0 Å². The number of nitrogens with zero attached hydrogens (tertiary/aromatic N) is 1. The van der Waals surface area contributed by atoms with Crippen molar-refractivity contribution in [2.45, 2.75) is 39.2 Å². The van der Waals surface area contributed by atoms with Crippen molar-refractivity contribution in [3.63, 3.8) is 0 Å². The van der Waals surface area contributed by atoms with Gasteiger partial charge in [-0.25, -0.2) is 0 Å². The van der Waals surface area contributed by atoms with E-state index in [-0.39, 0.29) is 0 Å². The molecule has 19 heavy (non-hydrogen) atoms. The lowest BCUT2D eigenvalue weighted by Crippen LogP contribution is -2.45. The van der Waals surface area contributed by atoms with Gasteiger partial charge in [0.25, 0.3) is 0 Å². The predicted molar refractivity (Wildman–Crippen MR) is 80.4 cm³/mol. The van der Waals surface area contributed by atoms with Crippen LogP contribution in [0.4, 0.5) is 0 Å². The van der Waals surface area contributed by atoms with Crippen molar-refractivity contribution >= 4 is 0 Å². The summed E-state index contributed by atoms with van der Waals surface area (Å²) in [6, 6.07) is 7.74. The van der Waals surface area contributed by atoms with E-state index in [9.17, 15) is 0 Å². The van der Waals surface area contributed by atoms with Crippen LogP contribution in [0.5, 0.6) is 0 Å². The topological polar surface area (TPSA) is 15.3 Å². The molecule has 1 aliphatic carbocycles. The standard InChI is InChI=1S/C17H26N2/c1-13-9-14(2)11-16(10-13)17(12-15-3-4-15)19-7-5-18-6-8-19/h9-11,15,17-18H,3-8,12H2,1-2H3/t17-/m1/s1. The van der Waals surface area contributed by atoms with Crippen LogP contribution in [0.3, 0.4) is 0 Å². The summed E-state index contributed by atoms with van der Waals surface area (Å²) >= 11 is 0. The number of hydrogen-bond donors (Lipinski definition) is 1. The van der Waals surface area contributed by atoms with Gasteiger partial charge in [-0.05, 0) is 31.7 Å². The third-order valence-electron chi connectivity index (χ3n) is 4.47.